The van der Waals surface area contributed by atoms with Gasteiger partial charge in [0.2, 0.25) is 23.6 Å². The number of nitrogens with two attached hydrogens (primary N) is 4. The first-order valence-corrected chi connectivity index (χ1v) is 11.1. The largest absolute Gasteiger partial charge is 0.481 e. The van der Waals surface area contributed by atoms with Gasteiger partial charge < -0.3 is 49.1 Å². The van der Waals surface area contributed by atoms with Crippen LogP contribution < -0.4 is 38.9 Å². The number of aliphatic carboxylic acids is 2. The molecule has 0 aliphatic rings. The van der Waals surface area contributed by atoms with Crippen molar-refractivity contribution in [2.75, 3.05) is 6.54 Å². The highest BCUT2D eigenvalue weighted by Crippen LogP contribution is 2.07. The van der Waals surface area contributed by atoms with E-state index in [9.17, 15) is 28.8 Å². The molecule has 0 aliphatic heterocycles. The molecule has 0 heterocycles. The summed E-state index contributed by atoms with van der Waals surface area (Å²) >= 11 is 0. The number of hydrogen-bond donors (Lipinski definition) is 9. The molecule has 0 aromatic heterocycles. The monoisotopic (exact) mass is 516 g/mol. The van der Waals surface area contributed by atoms with Gasteiger partial charge in [0.05, 0.1) is 12.5 Å². The molecule has 0 fully saturated rings. The van der Waals surface area contributed by atoms with Gasteiger partial charge in [-0.3, -0.25) is 29.0 Å². The molecule has 16 nitrogen and oxygen atoms in total. The maximum atomic E-state index is 13.0. The second kappa shape index (κ2) is 15.9. The van der Waals surface area contributed by atoms with Gasteiger partial charge in [0.25, 0.3) is 0 Å². The van der Waals surface area contributed by atoms with Gasteiger partial charge in [-0.05, 0) is 25.2 Å². The van der Waals surface area contributed by atoms with E-state index in [0.29, 0.717) is 0 Å². The highest BCUT2D eigenvalue weighted by Gasteiger charge is 2.32. The van der Waals surface area contributed by atoms with Crippen molar-refractivity contribution < 1.29 is 39.0 Å². The Balaban J connectivity index is 5.55. The lowest BCUT2D eigenvalue weighted by molar-refractivity contribution is -0.147. The van der Waals surface area contributed by atoms with E-state index >= 15 is 0 Å². The number of amides is 4. The topological polar surface area (TPSA) is 295 Å². The molecule has 0 saturated heterocycles. The SMILES string of the molecule is CC(C)C(NC(=O)C(CCCN=C(N)N)NC(=O)C(N)CCC(N)=O)C(=O)NC(CC(=O)O)C(=O)O. The molecule has 4 unspecified atom stereocenters. The molecule has 0 aliphatic carbocycles. The van der Waals surface area contributed by atoms with Crippen LogP contribution in [-0.2, 0) is 28.8 Å². The van der Waals surface area contributed by atoms with Crippen molar-refractivity contribution in [3.05, 3.63) is 0 Å². The summed E-state index contributed by atoms with van der Waals surface area (Å²) in [4.78, 5) is 75.0. The lowest BCUT2D eigenvalue weighted by atomic mass is 10.0. The summed E-state index contributed by atoms with van der Waals surface area (Å²) in [5, 5.41) is 25.0. The second-order valence-electron chi connectivity index (χ2n) is 8.35. The van der Waals surface area contributed by atoms with Crippen molar-refractivity contribution >= 4 is 41.5 Å². The smallest absolute Gasteiger partial charge is 0.326 e. The lowest BCUT2D eigenvalue weighted by Gasteiger charge is -2.27. The van der Waals surface area contributed by atoms with Crippen LogP contribution in [0.1, 0.15) is 46.0 Å². The van der Waals surface area contributed by atoms with Crippen molar-refractivity contribution in [2.24, 2.45) is 33.8 Å². The van der Waals surface area contributed by atoms with Crippen LogP contribution in [0.4, 0.5) is 0 Å². The second-order valence-corrected chi connectivity index (χ2v) is 8.35. The fourth-order valence-corrected chi connectivity index (χ4v) is 2.91. The molecule has 4 atom stereocenters. The van der Waals surface area contributed by atoms with E-state index in [-0.39, 0.29) is 38.2 Å². The molecule has 0 spiro atoms. The van der Waals surface area contributed by atoms with Crippen molar-refractivity contribution in [3.63, 3.8) is 0 Å². The number of carbonyl (C=O) groups is 6. The molecule has 16 heteroatoms. The van der Waals surface area contributed by atoms with E-state index in [1.54, 1.807) is 13.8 Å². The van der Waals surface area contributed by atoms with Gasteiger partial charge in [0, 0.05) is 13.0 Å². The third-order valence-corrected chi connectivity index (χ3v) is 4.86. The highest BCUT2D eigenvalue weighted by atomic mass is 16.4. The molecule has 0 aromatic rings. The van der Waals surface area contributed by atoms with Crippen molar-refractivity contribution in [3.8, 4) is 0 Å². The number of rotatable bonds is 17. The van der Waals surface area contributed by atoms with Gasteiger partial charge in [0.1, 0.15) is 18.1 Å². The number of hydrogen-bond acceptors (Lipinski definition) is 8. The average Bonchev–Trinajstić information content (AvgIpc) is 2.75. The number of aliphatic imine (C=N–C) groups is 1. The summed E-state index contributed by atoms with van der Waals surface area (Å²) < 4.78 is 0. The van der Waals surface area contributed by atoms with Crippen LogP contribution in [0, 0.1) is 5.92 Å². The highest BCUT2D eigenvalue weighted by molar-refractivity contribution is 5.94. The van der Waals surface area contributed by atoms with E-state index in [0.717, 1.165) is 0 Å². The summed E-state index contributed by atoms with van der Waals surface area (Å²) in [6, 6.07) is -5.29. The van der Waals surface area contributed by atoms with E-state index in [1.165, 1.54) is 0 Å². The Hall–Kier alpha value is -3.95. The maximum absolute atomic E-state index is 13.0. The van der Waals surface area contributed by atoms with Gasteiger partial charge in [-0.1, -0.05) is 13.8 Å². The minimum Gasteiger partial charge on any atom is -0.481 e. The summed E-state index contributed by atoms with van der Waals surface area (Å²) in [7, 11) is 0. The first kappa shape index (κ1) is 32.0. The molecule has 0 saturated carbocycles. The molecule has 0 bridgehead atoms. The molecule has 204 valence electrons. The number of nitrogens with zero attached hydrogens (tertiary/aromatic N) is 1. The third kappa shape index (κ3) is 13.1. The van der Waals surface area contributed by atoms with E-state index in [4.69, 9.17) is 33.1 Å². The normalized spacial score (nSPS) is 14.0. The van der Waals surface area contributed by atoms with Crippen LogP contribution >= 0.6 is 0 Å². The average molecular weight is 517 g/mol. The Morgan fingerprint density at radius 1 is 0.833 bits per heavy atom. The van der Waals surface area contributed by atoms with Crippen molar-refractivity contribution in [1.82, 2.24) is 16.0 Å². The maximum Gasteiger partial charge on any atom is 0.326 e. The number of carboxylic acids is 2. The summed E-state index contributed by atoms with van der Waals surface area (Å²) in [6.45, 7) is 3.28. The van der Waals surface area contributed by atoms with E-state index < -0.39 is 72.1 Å². The van der Waals surface area contributed by atoms with Gasteiger partial charge >= 0.3 is 11.9 Å². The van der Waals surface area contributed by atoms with Crippen LogP contribution in [0.2, 0.25) is 0 Å². The quantitative estimate of drug-likeness (QED) is 0.0514. The zero-order chi connectivity index (χ0) is 28.0. The Morgan fingerprint density at radius 3 is 1.89 bits per heavy atom. The molecule has 13 N–H and O–H groups in total. The Bertz CT molecular complexity index is 844. The molecular weight excluding hydrogens is 480 g/mol. The Kier molecular flexibility index (Phi) is 14.1. The zero-order valence-electron chi connectivity index (χ0n) is 20.2. The molecule has 36 heavy (non-hydrogen) atoms. The van der Waals surface area contributed by atoms with E-state index in [1.807, 2.05) is 0 Å². The standard InChI is InChI=1S/C20H36N8O8/c1-9(2)15(18(34)27-12(19(35)36)8-14(30)31)28-17(33)11(4-3-7-25-20(23)24)26-16(32)10(21)5-6-13(22)29/h9-12,15H,3-8,21H2,1-2H3,(H2,22,29)(H,26,32)(H,27,34)(H,28,33)(H,30,31)(H,35,36)(H4,23,24,25). The summed E-state index contributed by atoms with van der Waals surface area (Å²) in [5.74, 6) is -6.80. The van der Waals surface area contributed by atoms with Crippen LogP contribution in [0.3, 0.4) is 0 Å². The number of guanidine groups is 1. The minimum atomic E-state index is -1.72. The van der Waals surface area contributed by atoms with Crippen LogP contribution in [0.5, 0.6) is 0 Å². The number of carbonyl (C=O) groups excluding carboxylic acids is 4. The first-order chi connectivity index (χ1) is 16.6. The van der Waals surface area contributed by atoms with Crippen LogP contribution in [0.25, 0.3) is 0 Å². The van der Waals surface area contributed by atoms with Gasteiger partial charge in [-0.15, -0.1) is 0 Å². The van der Waals surface area contributed by atoms with Gasteiger partial charge in [-0.25, -0.2) is 4.79 Å². The van der Waals surface area contributed by atoms with Crippen LogP contribution in [-0.4, -0.2) is 82.5 Å². The summed E-state index contributed by atoms with van der Waals surface area (Å²) in [6.07, 6.45) is -0.773. The van der Waals surface area contributed by atoms with Gasteiger partial charge in [0.15, 0.2) is 5.96 Å². The fourth-order valence-electron chi connectivity index (χ4n) is 2.91. The first-order valence-electron chi connectivity index (χ1n) is 11.1. The Labute approximate surface area is 207 Å². The lowest BCUT2D eigenvalue weighted by Crippen LogP contribution is -2.58. The molecule has 0 aromatic carbocycles. The minimum absolute atomic E-state index is 0.0418. The van der Waals surface area contributed by atoms with Gasteiger partial charge in [-0.2, -0.15) is 0 Å². The number of primary amides is 1. The third-order valence-electron chi connectivity index (χ3n) is 4.86. The molecule has 0 radical (unpaired) electrons. The molecular formula is C20H36N8O8. The fraction of sp³-hybridized carbons (Fsp3) is 0.650. The van der Waals surface area contributed by atoms with E-state index in [2.05, 4.69) is 20.9 Å². The molecule has 4 amide bonds. The predicted octanol–water partition coefficient (Wildman–Crippen LogP) is -3.70. The van der Waals surface area contributed by atoms with Crippen molar-refractivity contribution in [2.45, 2.75) is 70.1 Å². The zero-order valence-corrected chi connectivity index (χ0v) is 20.2. The number of carboxylic acid groups (broad SMARTS) is 2. The number of nitrogens with one attached hydrogen (secondary N) is 3. The predicted molar refractivity (Wildman–Crippen MR) is 127 cm³/mol. The molecule has 0 rings (SSSR count). The Morgan fingerprint density at radius 2 is 1.42 bits per heavy atom. The van der Waals surface area contributed by atoms with Crippen LogP contribution in [0.15, 0.2) is 4.99 Å². The summed E-state index contributed by atoms with van der Waals surface area (Å²) in [5.41, 5.74) is 21.4. The van der Waals surface area contributed by atoms with Crippen molar-refractivity contribution in [1.29, 1.82) is 0 Å².